The molecule has 0 unspecified atom stereocenters. The number of unbranched alkanes of at least 4 members (excludes halogenated alkanes) is 1. The minimum Gasteiger partial charge on any atom is -0.360 e. The molecule has 0 spiro atoms. The second-order valence-electron chi connectivity index (χ2n) is 4.71. The Bertz CT molecular complexity index is 542. The van der Waals surface area contributed by atoms with Crippen molar-refractivity contribution < 1.29 is 4.52 Å². The second kappa shape index (κ2) is 8.33. The van der Waals surface area contributed by atoms with E-state index in [9.17, 15) is 0 Å². The average molecular weight is 327 g/mol. The van der Waals surface area contributed by atoms with Gasteiger partial charge in [-0.15, -0.1) is 10.2 Å². The Kier molecular flexibility index (Phi) is 6.44. The van der Waals surface area contributed by atoms with E-state index >= 15 is 0 Å². The molecular formula is C13H21N5OS2. The molecule has 2 rings (SSSR count). The predicted octanol–water partition coefficient (Wildman–Crippen LogP) is 3.94. The fourth-order valence-corrected chi connectivity index (χ4v) is 3.61. The van der Waals surface area contributed by atoms with Crippen molar-refractivity contribution in [3.05, 3.63) is 11.7 Å². The Morgan fingerprint density at radius 3 is 2.90 bits per heavy atom. The normalized spacial score (nSPS) is 12.5. The van der Waals surface area contributed by atoms with Gasteiger partial charge in [-0.2, -0.15) is 4.98 Å². The van der Waals surface area contributed by atoms with Crippen LogP contribution in [0.25, 0.3) is 0 Å². The summed E-state index contributed by atoms with van der Waals surface area (Å²) in [6.45, 7) is 7.25. The summed E-state index contributed by atoms with van der Waals surface area (Å²) < 4.78 is 6.21. The summed E-state index contributed by atoms with van der Waals surface area (Å²) in [5.74, 6) is 1.43. The lowest BCUT2D eigenvalue weighted by Crippen LogP contribution is -1.99. The molecule has 2 aromatic heterocycles. The Morgan fingerprint density at radius 1 is 1.29 bits per heavy atom. The molecule has 0 radical (unpaired) electrons. The van der Waals surface area contributed by atoms with Crippen molar-refractivity contribution in [2.24, 2.45) is 0 Å². The number of rotatable bonds is 9. The van der Waals surface area contributed by atoms with Crippen molar-refractivity contribution in [1.29, 1.82) is 0 Å². The van der Waals surface area contributed by atoms with Crippen LogP contribution in [0.3, 0.4) is 0 Å². The first-order valence-corrected chi connectivity index (χ1v) is 8.99. The van der Waals surface area contributed by atoms with E-state index < -0.39 is 0 Å². The third-order valence-corrected chi connectivity index (χ3v) is 4.85. The Morgan fingerprint density at radius 2 is 2.14 bits per heavy atom. The number of nitrogens with zero attached hydrogens (tertiary/aromatic N) is 4. The Balaban J connectivity index is 1.88. The van der Waals surface area contributed by atoms with E-state index in [1.54, 1.807) is 23.1 Å². The van der Waals surface area contributed by atoms with Crippen LogP contribution in [0.4, 0.5) is 5.13 Å². The van der Waals surface area contributed by atoms with Gasteiger partial charge in [0.05, 0.1) is 5.25 Å². The van der Waals surface area contributed by atoms with Crippen LogP contribution >= 0.6 is 23.1 Å². The van der Waals surface area contributed by atoms with Crippen LogP contribution < -0.4 is 5.32 Å². The van der Waals surface area contributed by atoms with Crippen molar-refractivity contribution in [2.45, 2.75) is 56.0 Å². The quantitative estimate of drug-likeness (QED) is 0.552. The third-order valence-electron chi connectivity index (χ3n) is 2.80. The number of hydrogen-bond acceptors (Lipinski definition) is 8. The Hall–Kier alpha value is -1.15. The summed E-state index contributed by atoms with van der Waals surface area (Å²) >= 11 is 3.16. The number of anilines is 1. The predicted molar refractivity (Wildman–Crippen MR) is 85.9 cm³/mol. The number of thioether (sulfide) groups is 1. The van der Waals surface area contributed by atoms with Gasteiger partial charge in [-0.05, 0) is 19.8 Å². The largest absolute Gasteiger partial charge is 0.360 e. The number of hydrogen-bond donors (Lipinski definition) is 1. The fraction of sp³-hybridized carbons (Fsp3) is 0.692. The monoisotopic (exact) mass is 327 g/mol. The van der Waals surface area contributed by atoms with Gasteiger partial charge in [0.2, 0.25) is 11.0 Å². The lowest BCUT2D eigenvalue weighted by atomic mass is 10.3. The van der Waals surface area contributed by atoms with Gasteiger partial charge in [-0.1, -0.05) is 48.5 Å². The van der Waals surface area contributed by atoms with Gasteiger partial charge in [0.15, 0.2) is 10.2 Å². The highest BCUT2D eigenvalue weighted by atomic mass is 32.2. The lowest BCUT2D eigenvalue weighted by Gasteiger charge is -2.01. The minimum absolute atomic E-state index is 0.0829. The summed E-state index contributed by atoms with van der Waals surface area (Å²) in [4.78, 5) is 4.41. The van der Waals surface area contributed by atoms with Gasteiger partial charge in [-0.3, -0.25) is 0 Å². The van der Waals surface area contributed by atoms with Gasteiger partial charge >= 0.3 is 0 Å². The second-order valence-corrected chi connectivity index (χ2v) is 7.28. The van der Waals surface area contributed by atoms with E-state index in [0.29, 0.717) is 5.89 Å². The Labute approximate surface area is 133 Å². The molecule has 116 valence electrons. The number of aryl methyl sites for hydroxylation is 1. The van der Waals surface area contributed by atoms with Gasteiger partial charge in [-0.25, -0.2) is 0 Å². The average Bonchev–Trinajstić information content (AvgIpc) is 3.09. The molecule has 0 saturated carbocycles. The molecule has 0 amide bonds. The van der Waals surface area contributed by atoms with Crippen LogP contribution in [0.5, 0.6) is 0 Å². The maximum absolute atomic E-state index is 5.30. The summed E-state index contributed by atoms with van der Waals surface area (Å²) in [6.07, 6.45) is 4.18. The van der Waals surface area contributed by atoms with Gasteiger partial charge in [0.25, 0.3) is 0 Å². The molecule has 0 aliphatic carbocycles. The first-order chi connectivity index (χ1) is 10.2. The molecule has 21 heavy (non-hydrogen) atoms. The number of aromatic nitrogens is 4. The van der Waals surface area contributed by atoms with E-state index in [1.807, 2.05) is 6.92 Å². The van der Waals surface area contributed by atoms with Crippen LogP contribution in [0.2, 0.25) is 0 Å². The molecule has 0 aliphatic heterocycles. The third kappa shape index (κ3) is 4.96. The molecule has 1 atom stereocenters. The highest BCUT2D eigenvalue weighted by Crippen LogP contribution is 2.36. The molecule has 0 fully saturated rings. The molecule has 0 bridgehead atoms. The maximum atomic E-state index is 5.30. The zero-order chi connectivity index (χ0) is 15.1. The van der Waals surface area contributed by atoms with Crippen LogP contribution in [-0.2, 0) is 6.42 Å². The van der Waals surface area contributed by atoms with Crippen molar-refractivity contribution in [3.8, 4) is 0 Å². The van der Waals surface area contributed by atoms with Crippen molar-refractivity contribution in [1.82, 2.24) is 20.3 Å². The molecule has 6 nitrogen and oxygen atoms in total. The molecule has 2 aromatic rings. The summed E-state index contributed by atoms with van der Waals surface area (Å²) in [5.41, 5.74) is 0. The van der Waals surface area contributed by atoms with Crippen LogP contribution in [0, 0.1) is 0 Å². The highest BCUT2D eigenvalue weighted by molar-refractivity contribution is 8.01. The van der Waals surface area contributed by atoms with Crippen molar-refractivity contribution in [3.63, 3.8) is 0 Å². The SMILES string of the molecule is CCCCNc1nnc(S[C@@H](C)c2nc(CCC)no2)s1. The molecule has 8 heteroatoms. The molecule has 0 aromatic carbocycles. The molecule has 0 saturated heterocycles. The van der Waals surface area contributed by atoms with E-state index in [4.69, 9.17) is 4.52 Å². The van der Waals surface area contributed by atoms with E-state index in [-0.39, 0.29) is 5.25 Å². The van der Waals surface area contributed by atoms with Gasteiger partial charge in [0, 0.05) is 13.0 Å². The highest BCUT2D eigenvalue weighted by Gasteiger charge is 2.17. The zero-order valence-electron chi connectivity index (χ0n) is 12.6. The molecule has 2 heterocycles. The maximum Gasteiger partial charge on any atom is 0.239 e. The lowest BCUT2D eigenvalue weighted by molar-refractivity contribution is 0.374. The summed E-state index contributed by atoms with van der Waals surface area (Å²) in [5, 5.41) is 16.5. The van der Waals surface area contributed by atoms with E-state index in [0.717, 1.165) is 41.1 Å². The van der Waals surface area contributed by atoms with Crippen LogP contribution in [-0.4, -0.2) is 26.9 Å². The minimum atomic E-state index is 0.0829. The number of nitrogens with one attached hydrogen (secondary N) is 1. The van der Waals surface area contributed by atoms with E-state index in [2.05, 4.69) is 39.5 Å². The summed E-state index contributed by atoms with van der Waals surface area (Å²) in [7, 11) is 0. The van der Waals surface area contributed by atoms with E-state index in [1.165, 1.54) is 6.42 Å². The van der Waals surface area contributed by atoms with Crippen LogP contribution in [0.1, 0.15) is 57.0 Å². The van der Waals surface area contributed by atoms with Crippen LogP contribution in [0.15, 0.2) is 8.86 Å². The van der Waals surface area contributed by atoms with Gasteiger partial charge in [0.1, 0.15) is 0 Å². The molecule has 0 aliphatic rings. The van der Waals surface area contributed by atoms with Gasteiger partial charge < -0.3 is 9.84 Å². The zero-order valence-corrected chi connectivity index (χ0v) is 14.3. The first kappa shape index (κ1) is 16.2. The molecular weight excluding hydrogens is 306 g/mol. The summed E-state index contributed by atoms with van der Waals surface area (Å²) in [6, 6.07) is 0. The fourth-order valence-electron chi connectivity index (χ4n) is 1.66. The van der Waals surface area contributed by atoms with Crippen molar-refractivity contribution in [2.75, 3.05) is 11.9 Å². The van der Waals surface area contributed by atoms with Crippen molar-refractivity contribution >= 4 is 28.2 Å². The smallest absolute Gasteiger partial charge is 0.239 e. The topological polar surface area (TPSA) is 76.7 Å². The molecule has 1 N–H and O–H groups in total. The standard InChI is InChI=1S/C13H21N5OS2/c1-4-6-8-14-12-16-17-13(21-12)20-9(3)11-15-10(7-5-2)18-19-11/h9H,4-8H2,1-3H3,(H,14,16)/t9-/m0/s1. The first-order valence-electron chi connectivity index (χ1n) is 7.29.